The minimum Gasteiger partial charge on any atom is -0.468 e. The molecule has 74 heavy (non-hydrogen) atoms. The van der Waals surface area contributed by atoms with Crippen LogP contribution in [0.5, 0.6) is 0 Å². The van der Waals surface area contributed by atoms with Crippen molar-refractivity contribution in [2.24, 2.45) is 0 Å². The minimum absolute atomic E-state index is 0.00577. The van der Waals surface area contributed by atoms with Crippen LogP contribution >= 0.6 is 0 Å². The average Bonchev–Trinajstić information content (AvgIpc) is 4.02. The van der Waals surface area contributed by atoms with Crippen LogP contribution in [-0.4, -0.2) is 12.3 Å². The largest absolute Gasteiger partial charge is 0.468 e. The molecule has 12 rings (SSSR count). The molecule has 0 bridgehead atoms. The predicted octanol–water partition coefficient (Wildman–Crippen LogP) is 17.5. The smallest absolute Gasteiger partial charge is 0.302 e. The Bertz CT molecular complexity index is 3580. The number of nitrogens with zero attached hydrogens (tertiary/aromatic N) is 3. The molecule has 2 unspecified atom stereocenters. The molecule has 1 aliphatic carbocycles. The zero-order chi connectivity index (χ0) is 52.6. The van der Waals surface area contributed by atoms with Crippen molar-refractivity contribution in [2.75, 3.05) is 14.7 Å². The molecule has 5 heterocycles. The third-order valence-corrected chi connectivity index (χ3v) is 18.2. The van der Waals surface area contributed by atoms with Crippen LogP contribution in [0.1, 0.15) is 177 Å². The van der Waals surface area contributed by atoms with Gasteiger partial charge >= 0.3 is 6.71 Å². The summed E-state index contributed by atoms with van der Waals surface area (Å²) in [6.45, 7) is 39.5. The van der Waals surface area contributed by atoms with E-state index < -0.39 is 0 Å². The summed E-state index contributed by atoms with van der Waals surface area (Å²) >= 11 is 0. The van der Waals surface area contributed by atoms with E-state index >= 15 is 0 Å². The average molecular weight is 980 g/mol. The first kappa shape index (κ1) is 48.8. The lowest BCUT2D eigenvalue weighted by molar-refractivity contribution is 0.195. The molecule has 1 fully saturated rings. The Morgan fingerprint density at radius 3 is 1.45 bits per heavy atom. The lowest BCUT2D eigenvalue weighted by Crippen LogP contribution is -2.61. The monoisotopic (exact) mass is 980 g/mol. The van der Waals surface area contributed by atoms with Gasteiger partial charge in [0.25, 0.3) is 0 Å². The van der Waals surface area contributed by atoms with Gasteiger partial charge in [0.2, 0.25) is 5.88 Å². The van der Waals surface area contributed by atoms with Gasteiger partial charge in [0, 0.05) is 55.8 Å². The van der Waals surface area contributed by atoms with Gasteiger partial charge in [-0.2, -0.15) is 0 Å². The Kier molecular flexibility index (Phi) is 10.4. The lowest BCUT2D eigenvalue weighted by atomic mass is 9.35. The van der Waals surface area contributed by atoms with Crippen LogP contribution in [0.4, 0.5) is 45.7 Å². The first-order valence-corrected chi connectivity index (χ1v) is 27.7. The van der Waals surface area contributed by atoms with Gasteiger partial charge in [0.05, 0.1) is 16.9 Å². The number of furan rings is 2. The summed E-state index contributed by atoms with van der Waals surface area (Å²) in [4.78, 5) is 7.81. The van der Waals surface area contributed by atoms with E-state index in [2.05, 4.69) is 248 Å². The molecule has 0 spiro atoms. The van der Waals surface area contributed by atoms with E-state index in [1.807, 2.05) is 0 Å². The Morgan fingerprint density at radius 1 is 0.432 bits per heavy atom. The van der Waals surface area contributed by atoms with Gasteiger partial charge in [-0.05, 0) is 146 Å². The molecule has 0 radical (unpaired) electrons. The van der Waals surface area contributed by atoms with Crippen LogP contribution in [0.25, 0.3) is 21.9 Å². The van der Waals surface area contributed by atoms with Gasteiger partial charge < -0.3 is 18.6 Å². The predicted molar refractivity (Wildman–Crippen MR) is 316 cm³/mol. The Morgan fingerprint density at radius 2 is 0.892 bits per heavy atom. The maximum atomic E-state index is 7.56. The number of anilines is 8. The fraction of sp³-hybridized carbons (Fsp3) is 0.412. The molecule has 4 aliphatic rings. The molecular formula is C68H78BN3O2. The van der Waals surface area contributed by atoms with Crippen molar-refractivity contribution < 1.29 is 8.83 Å². The Labute approximate surface area is 442 Å². The lowest BCUT2D eigenvalue weighted by Gasteiger charge is -2.51. The number of hydrogen-bond acceptors (Lipinski definition) is 5. The molecule has 6 heteroatoms. The van der Waals surface area contributed by atoms with Crippen LogP contribution in [0.15, 0.2) is 124 Å². The van der Waals surface area contributed by atoms with Gasteiger partial charge in [0.1, 0.15) is 11.2 Å². The summed E-state index contributed by atoms with van der Waals surface area (Å²) in [6.07, 6.45) is 4.68. The summed E-state index contributed by atoms with van der Waals surface area (Å²) < 4.78 is 15.1. The fourth-order valence-corrected chi connectivity index (χ4v) is 13.4. The van der Waals surface area contributed by atoms with Gasteiger partial charge in [-0.1, -0.05) is 178 Å². The van der Waals surface area contributed by atoms with Crippen molar-refractivity contribution in [2.45, 2.75) is 181 Å². The number of hydrogen-bond donors (Lipinski definition) is 0. The molecule has 8 aromatic rings. The summed E-state index contributed by atoms with van der Waals surface area (Å²) in [5.74, 6) is 0.852. The van der Waals surface area contributed by atoms with E-state index in [0.29, 0.717) is 0 Å². The van der Waals surface area contributed by atoms with Crippen LogP contribution in [0, 0.1) is 0 Å². The number of benzene rings is 6. The third kappa shape index (κ3) is 7.15. The topological polar surface area (TPSA) is 36.0 Å². The van der Waals surface area contributed by atoms with E-state index in [4.69, 9.17) is 8.83 Å². The highest BCUT2D eigenvalue weighted by Gasteiger charge is 2.59. The Hall–Kier alpha value is -6.14. The second kappa shape index (κ2) is 15.7. The molecule has 0 amide bonds. The second-order valence-corrected chi connectivity index (χ2v) is 28.3. The van der Waals surface area contributed by atoms with Gasteiger partial charge in [-0.25, -0.2) is 0 Å². The SMILES string of the molecule is CC(C)(C)c1ccc(N2c3cc(N4c5ccc(C(C)(C)C)cc5C5(C)CCCCC45C)cc4c3B(c3oc5cc(C(C)(C)C)ccc5c3N4c3ccc(C(C)(C)C)cc3)c3c2oc2cc(C(C)(C)C)ccc32)cc1. The van der Waals surface area contributed by atoms with E-state index in [1.165, 1.54) is 68.7 Å². The van der Waals surface area contributed by atoms with Crippen molar-refractivity contribution in [3.63, 3.8) is 0 Å². The highest BCUT2D eigenvalue weighted by molar-refractivity contribution is 7.01. The zero-order valence-corrected chi connectivity index (χ0v) is 47.5. The van der Waals surface area contributed by atoms with Crippen molar-refractivity contribution in [1.82, 2.24) is 0 Å². The molecule has 2 atom stereocenters. The van der Waals surface area contributed by atoms with Gasteiger partial charge in [-0.15, -0.1) is 0 Å². The molecule has 2 aromatic heterocycles. The first-order valence-electron chi connectivity index (χ1n) is 27.7. The summed E-state index contributed by atoms with van der Waals surface area (Å²) in [7, 11) is 0. The van der Waals surface area contributed by atoms with E-state index in [0.717, 1.165) is 74.5 Å². The van der Waals surface area contributed by atoms with Crippen LogP contribution in [0.2, 0.25) is 0 Å². The maximum absolute atomic E-state index is 7.56. The Balaban J connectivity index is 1.23. The normalized spacial score (nSPS) is 19.7. The summed E-state index contributed by atoms with van der Waals surface area (Å²) in [5.41, 5.74) is 20.8. The van der Waals surface area contributed by atoms with Crippen molar-refractivity contribution in [3.8, 4) is 0 Å². The maximum Gasteiger partial charge on any atom is 0.302 e. The third-order valence-electron chi connectivity index (χ3n) is 18.2. The summed E-state index contributed by atoms with van der Waals surface area (Å²) in [5, 5.41) is 2.23. The first-order chi connectivity index (χ1) is 34.6. The molecular weight excluding hydrogens is 902 g/mol. The van der Waals surface area contributed by atoms with Crippen molar-refractivity contribution in [3.05, 3.63) is 149 Å². The molecule has 0 saturated heterocycles. The van der Waals surface area contributed by atoms with Crippen LogP contribution < -0.4 is 31.3 Å². The standard InChI is InChI=1S/C68H78BN3O2/c1-62(2,3)41-20-27-46(28-21-41)70-53-39-48(72-52-33-26-43(64(7,8)9)36-51(52)67(16)34-18-19-35-68(67,72)17)40-54-58(53)69(60-59(70)50-32-25-45(66(13,14)15)38-56(50)73-60)57-49-31-24-44(65(10,11)12)37-55(49)74-61(57)71(54)47-29-22-42(23-30-47)63(4,5)6/h20-33,36-40H,18-19,34-35H2,1-17H3. The second-order valence-electron chi connectivity index (χ2n) is 28.3. The minimum atomic E-state index is -0.266. The van der Waals surface area contributed by atoms with Crippen molar-refractivity contribution >= 4 is 90.9 Å². The number of fused-ring (bicyclic) bond motifs is 11. The molecule has 0 N–H and O–H groups in total. The van der Waals surface area contributed by atoms with E-state index in [-0.39, 0.29) is 44.7 Å². The van der Waals surface area contributed by atoms with Crippen LogP contribution in [-0.2, 0) is 32.5 Å². The molecule has 380 valence electrons. The quantitative estimate of drug-likeness (QED) is 0.165. The molecule has 6 aromatic carbocycles. The highest BCUT2D eigenvalue weighted by Crippen LogP contribution is 2.62. The summed E-state index contributed by atoms with van der Waals surface area (Å²) in [6, 6.07) is 45.1. The molecule has 5 nitrogen and oxygen atoms in total. The van der Waals surface area contributed by atoms with E-state index in [1.54, 1.807) is 0 Å². The van der Waals surface area contributed by atoms with Gasteiger partial charge in [0.15, 0.2) is 0 Å². The van der Waals surface area contributed by atoms with E-state index in [9.17, 15) is 0 Å². The number of rotatable bonds is 3. The zero-order valence-electron chi connectivity index (χ0n) is 47.5. The van der Waals surface area contributed by atoms with Crippen molar-refractivity contribution in [1.29, 1.82) is 0 Å². The van der Waals surface area contributed by atoms with Crippen LogP contribution in [0.3, 0.4) is 0 Å². The highest BCUT2D eigenvalue weighted by atomic mass is 16.4. The molecule has 1 saturated carbocycles. The fourth-order valence-electron chi connectivity index (χ4n) is 13.4. The molecule has 3 aliphatic heterocycles. The van der Waals surface area contributed by atoms with Gasteiger partial charge in [-0.3, -0.25) is 4.90 Å².